The topological polar surface area (TPSA) is 61.4 Å². The Kier molecular flexibility index (Phi) is 4.49. The van der Waals surface area contributed by atoms with Crippen LogP contribution in [0.3, 0.4) is 0 Å². The Labute approximate surface area is 148 Å². The molecule has 0 spiro atoms. The predicted octanol–water partition coefficient (Wildman–Crippen LogP) is 4.17. The van der Waals surface area contributed by atoms with Gasteiger partial charge in [0.1, 0.15) is 0 Å². The lowest BCUT2D eigenvalue weighted by atomic mass is 9.87. The van der Waals surface area contributed by atoms with Crippen LogP contribution in [-0.2, 0) is 10.2 Å². The first-order valence-electron chi connectivity index (χ1n) is 8.42. The molecule has 5 heteroatoms. The number of anilines is 3. The van der Waals surface area contributed by atoms with Crippen molar-refractivity contribution in [2.75, 3.05) is 16.8 Å². The summed E-state index contributed by atoms with van der Waals surface area (Å²) in [6.45, 7) is 6.99. The molecule has 1 aliphatic heterocycles. The molecule has 5 nitrogen and oxygen atoms in total. The van der Waals surface area contributed by atoms with Crippen LogP contribution in [0.2, 0.25) is 0 Å². The standard InChI is InChI=1S/C20H23N3O2/c1-20(2,3)14-4-6-15(7-5-14)21-16-8-10-17(11-9-16)23-13-12-18(24)22-19(23)25/h4-11,21H,12-13H2,1-3H3,(H,22,24,25). The van der Waals surface area contributed by atoms with Gasteiger partial charge in [0.2, 0.25) is 5.91 Å². The van der Waals surface area contributed by atoms with E-state index in [1.165, 1.54) is 5.56 Å². The summed E-state index contributed by atoms with van der Waals surface area (Å²) in [4.78, 5) is 24.7. The molecule has 1 aliphatic rings. The first kappa shape index (κ1) is 17.0. The summed E-state index contributed by atoms with van der Waals surface area (Å²) in [5, 5.41) is 5.69. The molecule has 0 aromatic heterocycles. The summed E-state index contributed by atoms with van der Waals surface area (Å²) in [6.07, 6.45) is 0.325. The molecule has 1 saturated heterocycles. The first-order valence-corrected chi connectivity index (χ1v) is 8.42. The second kappa shape index (κ2) is 6.59. The minimum atomic E-state index is -0.366. The smallest absolute Gasteiger partial charge is 0.328 e. The van der Waals surface area contributed by atoms with Crippen LogP contribution in [-0.4, -0.2) is 18.5 Å². The number of carbonyl (C=O) groups is 2. The van der Waals surface area contributed by atoms with Crippen LogP contribution in [0.5, 0.6) is 0 Å². The van der Waals surface area contributed by atoms with Crippen LogP contribution >= 0.6 is 0 Å². The molecule has 1 heterocycles. The Balaban J connectivity index is 1.68. The van der Waals surface area contributed by atoms with E-state index < -0.39 is 0 Å². The van der Waals surface area contributed by atoms with Crippen molar-refractivity contribution < 1.29 is 9.59 Å². The van der Waals surface area contributed by atoms with Crippen molar-refractivity contribution in [1.29, 1.82) is 0 Å². The van der Waals surface area contributed by atoms with E-state index in [0.717, 1.165) is 17.1 Å². The number of benzene rings is 2. The number of nitrogens with zero attached hydrogens (tertiary/aromatic N) is 1. The van der Waals surface area contributed by atoms with E-state index in [1.54, 1.807) is 4.90 Å². The van der Waals surface area contributed by atoms with Gasteiger partial charge in [0.05, 0.1) is 0 Å². The number of amides is 3. The normalized spacial score (nSPS) is 15.1. The number of urea groups is 1. The Bertz CT molecular complexity index is 774. The molecule has 3 rings (SSSR count). The van der Waals surface area contributed by atoms with Crippen molar-refractivity contribution >= 4 is 29.0 Å². The summed E-state index contributed by atoms with van der Waals surface area (Å²) in [5.41, 5.74) is 4.16. The van der Waals surface area contributed by atoms with Gasteiger partial charge in [-0.3, -0.25) is 15.0 Å². The minimum absolute atomic E-state index is 0.135. The van der Waals surface area contributed by atoms with Gasteiger partial charge >= 0.3 is 6.03 Å². The van der Waals surface area contributed by atoms with Crippen LogP contribution in [0, 0.1) is 0 Å². The average Bonchev–Trinajstić information content (AvgIpc) is 2.56. The van der Waals surface area contributed by atoms with Gasteiger partial charge in [-0.25, -0.2) is 4.79 Å². The van der Waals surface area contributed by atoms with Gasteiger partial charge in [-0.1, -0.05) is 32.9 Å². The highest BCUT2D eigenvalue weighted by molar-refractivity contribution is 6.05. The van der Waals surface area contributed by atoms with Gasteiger partial charge in [0.25, 0.3) is 0 Å². The summed E-state index contributed by atoms with van der Waals surface area (Å²) in [7, 11) is 0. The molecule has 2 aromatic rings. The Morgan fingerprint density at radius 2 is 1.48 bits per heavy atom. The molecular weight excluding hydrogens is 314 g/mol. The molecule has 25 heavy (non-hydrogen) atoms. The SMILES string of the molecule is CC(C)(C)c1ccc(Nc2ccc(N3CCC(=O)NC3=O)cc2)cc1. The third-order valence-electron chi connectivity index (χ3n) is 4.27. The zero-order valence-electron chi connectivity index (χ0n) is 14.8. The quantitative estimate of drug-likeness (QED) is 0.883. The second-order valence-corrected chi connectivity index (χ2v) is 7.25. The molecule has 3 amide bonds. The van der Waals surface area contributed by atoms with E-state index in [9.17, 15) is 9.59 Å². The number of hydrogen-bond donors (Lipinski definition) is 2. The van der Waals surface area contributed by atoms with Crippen LogP contribution in [0.4, 0.5) is 21.9 Å². The van der Waals surface area contributed by atoms with Gasteiger partial charge < -0.3 is 5.32 Å². The average molecular weight is 337 g/mol. The molecule has 0 atom stereocenters. The molecule has 130 valence electrons. The van der Waals surface area contributed by atoms with Crippen LogP contribution < -0.4 is 15.5 Å². The maximum Gasteiger partial charge on any atom is 0.328 e. The third-order valence-corrected chi connectivity index (χ3v) is 4.27. The zero-order chi connectivity index (χ0) is 18.0. The zero-order valence-corrected chi connectivity index (χ0v) is 14.8. The minimum Gasteiger partial charge on any atom is -0.356 e. The first-order chi connectivity index (χ1) is 11.8. The van der Waals surface area contributed by atoms with Crippen molar-refractivity contribution in [1.82, 2.24) is 5.32 Å². The lowest BCUT2D eigenvalue weighted by molar-refractivity contribution is -0.120. The fourth-order valence-electron chi connectivity index (χ4n) is 2.76. The number of nitrogens with one attached hydrogen (secondary N) is 2. The van der Waals surface area contributed by atoms with Crippen molar-refractivity contribution in [2.45, 2.75) is 32.6 Å². The van der Waals surface area contributed by atoms with E-state index in [2.05, 4.69) is 55.7 Å². The highest BCUT2D eigenvalue weighted by Crippen LogP contribution is 2.26. The fourth-order valence-corrected chi connectivity index (χ4v) is 2.76. The van der Waals surface area contributed by atoms with E-state index in [0.29, 0.717) is 13.0 Å². The molecule has 0 unspecified atom stereocenters. The highest BCUT2D eigenvalue weighted by atomic mass is 16.2. The molecular formula is C20H23N3O2. The lowest BCUT2D eigenvalue weighted by Gasteiger charge is -2.26. The lowest BCUT2D eigenvalue weighted by Crippen LogP contribution is -2.49. The van der Waals surface area contributed by atoms with Crippen molar-refractivity contribution in [3.63, 3.8) is 0 Å². The van der Waals surface area contributed by atoms with E-state index >= 15 is 0 Å². The molecule has 2 N–H and O–H groups in total. The maximum absolute atomic E-state index is 11.9. The molecule has 2 aromatic carbocycles. The molecule has 0 bridgehead atoms. The second-order valence-electron chi connectivity index (χ2n) is 7.25. The Morgan fingerprint density at radius 3 is 2.00 bits per heavy atom. The van der Waals surface area contributed by atoms with Crippen molar-refractivity contribution in [3.8, 4) is 0 Å². The van der Waals surface area contributed by atoms with E-state index in [1.807, 2.05) is 24.3 Å². The fraction of sp³-hybridized carbons (Fsp3) is 0.300. The number of carbonyl (C=O) groups excluding carboxylic acids is 2. The molecule has 0 aliphatic carbocycles. The maximum atomic E-state index is 11.9. The van der Waals surface area contributed by atoms with Crippen molar-refractivity contribution in [2.24, 2.45) is 0 Å². The summed E-state index contributed by atoms with van der Waals surface area (Å²) in [5.74, 6) is -0.224. The molecule has 1 fully saturated rings. The summed E-state index contributed by atoms with van der Waals surface area (Å²) >= 11 is 0. The van der Waals surface area contributed by atoms with Crippen molar-refractivity contribution in [3.05, 3.63) is 54.1 Å². The van der Waals surface area contributed by atoms with Gasteiger partial charge in [0.15, 0.2) is 0 Å². The Hall–Kier alpha value is -2.82. The van der Waals surface area contributed by atoms with E-state index in [-0.39, 0.29) is 17.4 Å². The summed E-state index contributed by atoms with van der Waals surface area (Å²) < 4.78 is 0. The highest BCUT2D eigenvalue weighted by Gasteiger charge is 2.23. The third kappa shape index (κ3) is 3.99. The van der Waals surface area contributed by atoms with Crippen LogP contribution in [0.25, 0.3) is 0 Å². The van der Waals surface area contributed by atoms with Gasteiger partial charge in [-0.05, 0) is 47.4 Å². The molecule has 0 radical (unpaired) electrons. The number of imide groups is 1. The van der Waals surface area contributed by atoms with Crippen LogP contribution in [0.1, 0.15) is 32.8 Å². The Morgan fingerprint density at radius 1 is 0.920 bits per heavy atom. The largest absolute Gasteiger partial charge is 0.356 e. The van der Waals surface area contributed by atoms with Crippen LogP contribution in [0.15, 0.2) is 48.5 Å². The van der Waals surface area contributed by atoms with E-state index in [4.69, 9.17) is 0 Å². The number of hydrogen-bond acceptors (Lipinski definition) is 3. The van der Waals surface area contributed by atoms with Gasteiger partial charge in [0, 0.05) is 30.0 Å². The predicted molar refractivity (Wildman–Crippen MR) is 100 cm³/mol. The van der Waals surface area contributed by atoms with Gasteiger partial charge in [-0.2, -0.15) is 0 Å². The van der Waals surface area contributed by atoms with Gasteiger partial charge in [-0.15, -0.1) is 0 Å². The number of rotatable bonds is 3. The summed E-state index contributed by atoms with van der Waals surface area (Å²) in [6, 6.07) is 15.6. The monoisotopic (exact) mass is 337 g/mol. The molecule has 0 saturated carbocycles.